The van der Waals surface area contributed by atoms with E-state index in [1.54, 1.807) is 0 Å². The number of aryl methyl sites for hydroxylation is 1. The maximum absolute atomic E-state index is 5.88. The maximum Gasteiger partial charge on any atom is 0.0484 e. The van der Waals surface area contributed by atoms with Crippen molar-refractivity contribution < 1.29 is 0 Å². The fraction of sp³-hybridized carbons (Fsp3) is 0.500. The smallest absolute Gasteiger partial charge is 0.0484 e. The highest BCUT2D eigenvalue weighted by molar-refractivity contribution is 5.87. The van der Waals surface area contributed by atoms with Crippen molar-refractivity contribution in [3.63, 3.8) is 0 Å². The van der Waals surface area contributed by atoms with E-state index in [2.05, 4.69) is 41.3 Å². The lowest BCUT2D eigenvalue weighted by Crippen LogP contribution is -2.25. The molecule has 1 fully saturated rings. The predicted molar refractivity (Wildman–Crippen MR) is 79.9 cm³/mol. The lowest BCUT2D eigenvalue weighted by atomic mass is 10.1. The van der Waals surface area contributed by atoms with Crippen LogP contribution < -0.4 is 11.1 Å². The van der Waals surface area contributed by atoms with Crippen molar-refractivity contribution in [2.75, 3.05) is 0 Å². The summed E-state index contributed by atoms with van der Waals surface area (Å²) in [5.41, 5.74) is 9.80. The highest BCUT2D eigenvalue weighted by Gasteiger charge is 2.16. The Morgan fingerprint density at radius 1 is 1.26 bits per heavy atom. The van der Waals surface area contributed by atoms with Gasteiger partial charge in [-0.2, -0.15) is 0 Å². The standard InChI is InChI=1S/C16H23N3/c1-19-11-13(10-18-14-6-2-3-7-14)16-12(9-17)5-4-8-15(16)19/h4-5,8,11,14,18H,2-3,6-7,9-10,17H2,1H3. The average molecular weight is 257 g/mol. The SMILES string of the molecule is Cn1cc(CNC2CCCC2)c2c(CN)cccc21. The Kier molecular flexibility index (Phi) is 3.58. The minimum atomic E-state index is 0.609. The van der Waals surface area contributed by atoms with Crippen LogP contribution in [0.3, 0.4) is 0 Å². The van der Waals surface area contributed by atoms with Crippen molar-refractivity contribution in [3.05, 3.63) is 35.5 Å². The van der Waals surface area contributed by atoms with Crippen molar-refractivity contribution in [3.8, 4) is 0 Å². The molecule has 1 aromatic heterocycles. The van der Waals surface area contributed by atoms with E-state index in [4.69, 9.17) is 5.73 Å². The maximum atomic E-state index is 5.88. The molecule has 0 spiro atoms. The molecule has 1 saturated carbocycles. The molecule has 1 aromatic carbocycles. The van der Waals surface area contributed by atoms with E-state index in [0.717, 1.165) is 6.54 Å². The van der Waals surface area contributed by atoms with Gasteiger partial charge >= 0.3 is 0 Å². The molecule has 2 aromatic rings. The molecular weight excluding hydrogens is 234 g/mol. The summed E-state index contributed by atoms with van der Waals surface area (Å²) in [6.07, 6.45) is 7.65. The molecule has 3 rings (SSSR count). The lowest BCUT2D eigenvalue weighted by molar-refractivity contribution is 0.525. The summed E-state index contributed by atoms with van der Waals surface area (Å²) in [5, 5.41) is 5.05. The van der Waals surface area contributed by atoms with Crippen LogP contribution in [0.15, 0.2) is 24.4 Å². The molecule has 1 aliphatic carbocycles. The molecule has 19 heavy (non-hydrogen) atoms. The minimum absolute atomic E-state index is 0.609. The molecule has 0 radical (unpaired) electrons. The lowest BCUT2D eigenvalue weighted by Gasteiger charge is -2.11. The van der Waals surface area contributed by atoms with Crippen molar-refractivity contribution in [1.82, 2.24) is 9.88 Å². The second kappa shape index (κ2) is 5.35. The van der Waals surface area contributed by atoms with E-state index in [0.29, 0.717) is 12.6 Å². The average Bonchev–Trinajstić information content (AvgIpc) is 3.05. The fourth-order valence-corrected chi connectivity index (χ4v) is 3.31. The fourth-order valence-electron chi connectivity index (χ4n) is 3.31. The first-order chi connectivity index (χ1) is 9.29. The molecule has 0 saturated heterocycles. The van der Waals surface area contributed by atoms with E-state index >= 15 is 0 Å². The van der Waals surface area contributed by atoms with Crippen molar-refractivity contribution in [2.24, 2.45) is 12.8 Å². The molecule has 3 nitrogen and oxygen atoms in total. The van der Waals surface area contributed by atoms with Gasteiger partial charge in [-0.15, -0.1) is 0 Å². The van der Waals surface area contributed by atoms with Crippen LogP contribution >= 0.6 is 0 Å². The Morgan fingerprint density at radius 2 is 2.05 bits per heavy atom. The number of nitrogens with one attached hydrogen (secondary N) is 1. The second-order valence-corrected chi connectivity index (χ2v) is 5.64. The Bertz CT molecular complexity index is 565. The first-order valence-electron chi connectivity index (χ1n) is 7.29. The molecule has 0 amide bonds. The predicted octanol–water partition coefficient (Wildman–Crippen LogP) is 2.67. The summed E-state index contributed by atoms with van der Waals surface area (Å²) in [5.74, 6) is 0. The van der Waals surface area contributed by atoms with Crippen LogP contribution in [0.25, 0.3) is 10.9 Å². The number of fused-ring (bicyclic) bond motifs is 1. The quantitative estimate of drug-likeness (QED) is 0.884. The van der Waals surface area contributed by atoms with Gasteiger partial charge in [0, 0.05) is 43.3 Å². The Balaban J connectivity index is 1.89. The third kappa shape index (κ3) is 2.40. The Hall–Kier alpha value is -1.32. The van der Waals surface area contributed by atoms with Crippen LogP contribution in [0.2, 0.25) is 0 Å². The van der Waals surface area contributed by atoms with Crippen LogP contribution in [0.1, 0.15) is 36.8 Å². The highest BCUT2D eigenvalue weighted by Crippen LogP contribution is 2.25. The molecule has 1 aliphatic rings. The third-order valence-electron chi connectivity index (χ3n) is 4.34. The first-order valence-corrected chi connectivity index (χ1v) is 7.29. The monoisotopic (exact) mass is 257 g/mol. The van der Waals surface area contributed by atoms with E-state index < -0.39 is 0 Å². The van der Waals surface area contributed by atoms with Crippen molar-refractivity contribution >= 4 is 10.9 Å². The number of benzene rings is 1. The van der Waals surface area contributed by atoms with Crippen LogP contribution in [-0.4, -0.2) is 10.6 Å². The van der Waals surface area contributed by atoms with Gasteiger partial charge in [0.25, 0.3) is 0 Å². The summed E-state index contributed by atoms with van der Waals surface area (Å²) < 4.78 is 2.21. The number of nitrogens with two attached hydrogens (primary N) is 1. The van der Waals surface area contributed by atoms with Gasteiger partial charge in [-0.3, -0.25) is 0 Å². The summed E-state index contributed by atoms with van der Waals surface area (Å²) >= 11 is 0. The minimum Gasteiger partial charge on any atom is -0.350 e. The van der Waals surface area contributed by atoms with Crippen LogP contribution in [-0.2, 0) is 20.1 Å². The zero-order valence-corrected chi connectivity index (χ0v) is 11.7. The number of rotatable bonds is 4. The topological polar surface area (TPSA) is 43.0 Å². The molecule has 3 N–H and O–H groups in total. The molecule has 0 bridgehead atoms. The van der Waals surface area contributed by atoms with Gasteiger partial charge in [0.15, 0.2) is 0 Å². The van der Waals surface area contributed by atoms with Gasteiger partial charge in [-0.05, 0) is 30.0 Å². The molecule has 102 valence electrons. The van der Waals surface area contributed by atoms with E-state index in [1.807, 2.05) is 0 Å². The number of hydrogen-bond acceptors (Lipinski definition) is 2. The Labute approximate surface area is 114 Å². The van der Waals surface area contributed by atoms with E-state index in [1.165, 1.54) is 47.7 Å². The highest BCUT2D eigenvalue weighted by atomic mass is 14.9. The van der Waals surface area contributed by atoms with Crippen molar-refractivity contribution in [2.45, 2.75) is 44.8 Å². The van der Waals surface area contributed by atoms with Gasteiger partial charge in [0.2, 0.25) is 0 Å². The third-order valence-corrected chi connectivity index (χ3v) is 4.34. The van der Waals surface area contributed by atoms with Crippen LogP contribution in [0, 0.1) is 0 Å². The largest absolute Gasteiger partial charge is 0.350 e. The van der Waals surface area contributed by atoms with Gasteiger partial charge < -0.3 is 15.6 Å². The molecule has 0 aliphatic heterocycles. The zero-order chi connectivity index (χ0) is 13.2. The van der Waals surface area contributed by atoms with E-state index in [-0.39, 0.29) is 0 Å². The second-order valence-electron chi connectivity index (χ2n) is 5.64. The summed E-state index contributed by atoms with van der Waals surface area (Å²) in [7, 11) is 2.11. The summed E-state index contributed by atoms with van der Waals surface area (Å²) in [6.45, 7) is 1.57. The summed E-state index contributed by atoms with van der Waals surface area (Å²) in [4.78, 5) is 0. The molecule has 0 unspecified atom stereocenters. The molecule has 3 heteroatoms. The Morgan fingerprint density at radius 3 is 2.79 bits per heavy atom. The van der Waals surface area contributed by atoms with Crippen molar-refractivity contribution in [1.29, 1.82) is 0 Å². The van der Waals surface area contributed by atoms with Crippen LogP contribution in [0.4, 0.5) is 0 Å². The molecule has 1 heterocycles. The van der Waals surface area contributed by atoms with Gasteiger partial charge in [0.05, 0.1) is 0 Å². The van der Waals surface area contributed by atoms with Gasteiger partial charge in [0.1, 0.15) is 0 Å². The van der Waals surface area contributed by atoms with Gasteiger partial charge in [-0.1, -0.05) is 25.0 Å². The first kappa shape index (κ1) is 12.7. The van der Waals surface area contributed by atoms with E-state index in [9.17, 15) is 0 Å². The number of aromatic nitrogens is 1. The zero-order valence-electron chi connectivity index (χ0n) is 11.7. The molecule has 0 atom stereocenters. The number of hydrogen-bond donors (Lipinski definition) is 2. The van der Waals surface area contributed by atoms with Crippen LogP contribution in [0.5, 0.6) is 0 Å². The molecular formula is C16H23N3. The summed E-state index contributed by atoms with van der Waals surface area (Å²) in [6, 6.07) is 7.12. The number of nitrogens with zero attached hydrogens (tertiary/aromatic N) is 1. The van der Waals surface area contributed by atoms with Gasteiger partial charge in [-0.25, -0.2) is 0 Å². The normalized spacial score (nSPS) is 16.5.